The third-order valence-corrected chi connectivity index (χ3v) is 7.03. The van der Waals surface area contributed by atoms with E-state index in [-0.39, 0.29) is 11.6 Å². The number of anilines is 2. The van der Waals surface area contributed by atoms with E-state index >= 15 is 0 Å². The quantitative estimate of drug-likeness (QED) is 0.239. The molecule has 1 aliphatic rings. The van der Waals surface area contributed by atoms with Crippen molar-refractivity contribution in [2.75, 3.05) is 30.8 Å². The first-order valence-corrected chi connectivity index (χ1v) is 12.0. The molecular formula is C23H28N6O2S. The van der Waals surface area contributed by atoms with E-state index in [2.05, 4.69) is 25.9 Å². The SMILES string of the molecule is CNCCNc1ccc2nc(-c3c(N[C@H]4CCCC[C@H]4O)c4sccc4[nH]c3=O)[nH]c2c1. The second-order valence-corrected chi connectivity index (χ2v) is 9.23. The number of aliphatic hydroxyl groups is 1. The number of benzene rings is 1. The number of likely N-dealkylation sites (N-methyl/N-ethyl adjacent to an activating group) is 1. The van der Waals surface area contributed by atoms with E-state index < -0.39 is 6.10 Å². The van der Waals surface area contributed by atoms with Gasteiger partial charge in [0.25, 0.3) is 5.56 Å². The molecule has 0 radical (unpaired) electrons. The lowest BCUT2D eigenvalue weighted by Gasteiger charge is -2.30. The van der Waals surface area contributed by atoms with E-state index in [9.17, 15) is 9.90 Å². The van der Waals surface area contributed by atoms with Crippen LogP contribution in [-0.4, -0.2) is 52.3 Å². The number of aromatic amines is 2. The molecule has 32 heavy (non-hydrogen) atoms. The van der Waals surface area contributed by atoms with E-state index in [0.717, 1.165) is 71.4 Å². The largest absolute Gasteiger partial charge is 0.391 e. The Kier molecular flexibility index (Phi) is 5.86. The summed E-state index contributed by atoms with van der Waals surface area (Å²) in [4.78, 5) is 24.2. The molecule has 168 valence electrons. The number of nitrogens with one attached hydrogen (secondary N) is 5. The first-order chi connectivity index (χ1) is 15.6. The molecule has 0 saturated heterocycles. The molecule has 0 bridgehead atoms. The number of pyridine rings is 1. The molecule has 3 heterocycles. The van der Waals surface area contributed by atoms with Crippen LogP contribution in [0.1, 0.15) is 25.7 Å². The molecule has 8 nitrogen and oxygen atoms in total. The Morgan fingerprint density at radius 3 is 2.88 bits per heavy atom. The summed E-state index contributed by atoms with van der Waals surface area (Å²) < 4.78 is 0.965. The number of imidazole rings is 1. The Labute approximate surface area is 189 Å². The van der Waals surface area contributed by atoms with Crippen molar-refractivity contribution in [2.24, 2.45) is 0 Å². The third-order valence-electron chi connectivity index (χ3n) is 6.10. The number of aromatic nitrogens is 3. The molecule has 1 aliphatic carbocycles. The highest BCUT2D eigenvalue weighted by atomic mass is 32.1. The molecule has 1 aromatic carbocycles. The van der Waals surface area contributed by atoms with Gasteiger partial charge in [-0.1, -0.05) is 12.8 Å². The Morgan fingerprint density at radius 2 is 2.03 bits per heavy atom. The monoisotopic (exact) mass is 452 g/mol. The standard InChI is InChI=1S/C23H28N6O2S/c1-24-9-10-25-13-6-7-14-17(12-13)28-22(27-14)19-20(26-15-4-2-3-5-18(15)30)21-16(8-11-32-21)29-23(19)31/h6-8,11-12,15,18,24-25,30H,2-5,9-10H2,1H3,(H,27,28)(H2,26,29,31)/t15-,18+/m0/s1. The molecule has 9 heteroatoms. The lowest BCUT2D eigenvalue weighted by atomic mass is 9.92. The van der Waals surface area contributed by atoms with Crippen molar-refractivity contribution < 1.29 is 5.11 Å². The summed E-state index contributed by atoms with van der Waals surface area (Å²) in [6.45, 7) is 1.68. The average Bonchev–Trinajstić information content (AvgIpc) is 3.41. The van der Waals surface area contributed by atoms with Crippen LogP contribution in [0, 0.1) is 0 Å². The maximum absolute atomic E-state index is 13.2. The number of nitrogens with zero attached hydrogens (tertiary/aromatic N) is 1. The summed E-state index contributed by atoms with van der Waals surface area (Å²) in [6.07, 6.45) is 3.33. The average molecular weight is 453 g/mol. The van der Waals surface area contributed by atoms with Crippen LogP contribution in [0.4, 0.5) is 11.4 Å². The van der Waals surface area contributed by atoms with Crippen LogP contribution < -0.4 is 21.5 Å². The minimum atomic E-state index is -0.423. The number of hydrogen-bond acceptors (Lipinski definition) is 7. The molecule has 0 unspecified atom stereocenters. The first-order valence-electron chi connectivity index (χ1n) is 11.1. The van der Waals surface area contributed by atoms with Gasteiger partial charge in [-0.2, -0.15) is 0 Å². The van der Waals surface area contributed by atoms with Crippen LogP contribution in [-0.2, 0) is 0 Å². The predicted molar refractivity (Wildman–Crippen MR) is 132 cm³/mol. The van der Waals surface area contributed by atoms with Crippen molar-refractivity contribution in [3.05, 3.63) is 40.0 Å². The Balaban J connectivity index is 1.57. The maximum Gasteiger partial charge on any atom is 0.261 e. The fourth-order valence-corrected chi connectivity index (χ4v) is 5.28. The van der Waals surface area contributed by atoms with Crippen LogP contribution in [0.2, 0.25) is 0 Å². The van der Waals surface area contributed by atoms with Gasteiger partial charge in [0.1, 0.15) is 11.4 Å². The molecule has 0 amide bonds. The highest BCUT2D eigenvalue weighted by Gasteiger charge is 2.26. The smallest absolute Gasteiger partial charge is 0.261 e. The van der Waals surface area contributed by atoms with E-state index in [1.165, 1.54) is 0 Å². The summed E-state index contributed by atoms with van der Waals surface area (Å²) in [5.74, 6) is 0.525. The fourth-order valence-electron chi connectivity index (χ4n) is 4.41. The number of H-pyrrole nitrogens is 2. The zero-order chi connectivity index (χ0) is 22.1. The van der Waals surface area contributed by atoms with Gasteiger partial charge < -0.3 is 31.0 Å². The van der Waals surface area contributed by atoms with Crippen LogP contribution in [0.3, 0.4) is 0 Å². The van der Waals surface area contributed by atoms with Gasteiger partial charge in [-0.15, -0.1) is 11.3 Å². The zero-order valence-electron chi connectivity index (χ0n) is 18.0. The molecule has 2 atom stereocenters. The highest BCUT2D eigenvalue weighted by Crippen LogP contribution is 2.36. The second-order valence-electron chi connectivity index (χ2n) is 8.32. The van der Waals surface area contributed by atoms with E-state index in [1.54, 1.807) is 11.3 Å². The summed E-state index contributed by atoms with van der Waals surface area (Å²) in [7, 11) is 1.92. The Hall–Kier alpha value is -2.88. The van der Waals surface area contributed by atoms with Gasteiger partial charge >= 0.3 is 0 Å². The number of hydrogen-bond donors (Lipinski definition) is 6. The second kappa shape index (κ2) is 8.93. The van der Waals surface area contributed by atoms with Crippen molar-refractivity contribution in [3.63, 3.8) is 0 Å². The molecule has 1 saturated carbocycles. The maximum atomic E-state index is 13.2. The topological polar surface area (TPSA) is 118 Å². The van der Waals surface area contributed by atoms with E-state index in [0.29, 0.717) is 11.4 Å². The molecule has 0 spiro atoms. The van der Waals surface area contributed by atoms with Gasteiger partial charge in [0, 0.05) is 18.8 Å². The van der Waals surface area contributed by atoms with Crippen molar-refractivity contribution >= 4 is 44.0 Å². The molecule has 4 aromatic rings. The van der Waals surface area contributed by atoms with Crippen molar-refractivity contribution in [1.29, 1.82) is 0 Å². The summed E-state index contributed by atoms with van der Waals surface area (Å²) in [5.41, 5.74) is 4.49. The number of thiophene rings is 1. The van der Waals surface area contributed by atoms with Crippen LogP contribution in [0.15, 0.2) is 34.4 Å². The lowest BCUT2D eigenvalue weighted by molar-refractivity contribution is 0.116. The minimum Gasteiger partial charge on any atom is -0.391 e. The predicted octanol–water partition coefficient (Wildman–Crippen LogP) is 3.48. The summed E-state index contributed by atoms with van der Waals surface area (Å²) in [5, 5.41) is 22.5. The molecule has 3 aromatic heterocycles. The normalized spacial score (nSPS) is 18.9. The molecule has 5 rings (SSSR count). The van der Waals surface area contributed by atoms with Gasteiger partial charge in [-0.05, 0) is 49.5 Å². The number of rotatable bonds is 7. The lowest BCUT2D eigenvalue weighted by Crippen LogP contribution is -2.37. The van der Waals surface area contributed by atoms with E-state index in [4.69, 9.17) is 4.98 Å². The van der Waals surface area contributed by atoms with E-state index in [1.807, 2.05) is 36.7 Å². The number of fused-ring (bicyclic) bond motifs is 2. The van der Waals surface area contributed by atoms with Crippen molar-refractivity contribution in [2.45, 2.75) is 37.8 Å². The van der Waals surface area contributed by atoms with Gasteiger partial charge in [-0.3, -0.25) is 4.79 Å². The minimum absolute atomic E-state index is 0.0815. The van der Waals surface area contributed by atoms with Gasteiger partial charge in [0.2, 0.25) is 0 Å². The van der Waals surface area contributed by atoms with Crippen LogP contribution in [0.5, 0.6) is 0 Å². The Bertz CT molecular complexity index is 1290. The van der Waals surface area contributed by atoms with Gasteiger partial charge in [0.15, 0.2) is 0 Å². The highest BCUT2D eigenvalue weighted by molar-refractivity contribution is 7.17. The van der Waals surface area contributed by atoms with Crippen molar-refractivity contribution in [3.8, 4) is 11.4 Å². The number of aliphatic hydroxyl groups excluding tert-OH is 1. The van der Waals surface area contributed by atoms with Crippen LogP contribution >= 0.6 is 11.3 Å². The third kappa shape index (κ3) is 3.99. The Morgan fingerprint density at radius 1 is 1.16 bits per heavy atom. The molecule has 1 fully saturated rings. The zero-order valence-corrected chi connectivity index (χ0v) is 18.8. The van der Waals surface area contributed by atoms with Gasteiger partial charge in [-0.25, -0.2) is 4.98 Å². The fraction of sp³-hybridized carbons (Fsp3) is 0.391. The first kappa shape index (κ1) is 21.0. The molecule has 0 aliphatic heterocycles. The molecular weight excluding hydrogens is 424 g/mol. The summed E-state index contributed by atoms with van der Waals surface area (Å²) >= 11 is 1.57. The summed E-state index contributed by atoms with van der Waals surface area (Å²) in [6, 6.07) is 7.79. The van der Waals surface area contributed by atoms with Crippen LogP contribution in [0.25, 0.3) is 32.6 Å². The van der Waals surface area contributed by atoms with Crippen molar-refractivity contribution in [1.82, 2.24) is 20.3 Å². The van der Waals surface area contributed by atoms with Gasteiger partial charge in [0.05, 0.1) is 39.1 Å². The molecule has 6 N–H and O–H groups in total.